The topological polar surface area (TPSA) is 89.8 Å². The van der Waals surface area contributed by atoms with Crippen LogP contribution in [0.3, 0.4) is 0 Å². The second-order valence-electron chi connectivity index (χ2n) is 4.81. The Kier molecular flexibility index (Phi) is 3.66. The summed E-state index contributed by atoms with van der Waals surface area (Å²) in [5.74, 6) is 2.29. The van der Waals surface area contributed by atoms with Gasteiger partial charge in [-0.15, -0.1) is 0 Å². The van der Waals surface area contributed by atoms with Crippen molar-refractivity contribution >= 4 is 17.6 Å². The molecule has 1 saturated carbocycles. The van der Waals surface area contributed by atoms with Gasteiger partial charge in [-0.1, -0.05) is 13.3 Å². The average Bonchev–Trinajstić information content (AvgIpc) is 2.28. The van der Waals surface area contributed by atoms with E-state index in [0.717, 1.165) is 11.7 Å². The van der Waals surface area contributed by atoms with Gasteiger partial charge in [0.1, 0.15) is 11.6 Å². The van der Waals surface area contributed by atoms with Gasteiger partial charge in [-0.3, -0.25) is 0 Å². The van der Waals surface area contributed by atoms with Crippen molar-refractivity contribution in [3.8, 4) is 0 Å². The first-order valence-electron chi connectivity index (χ1n) is 6.34. The minimum atomic E-state index is 0.231. The van der Waals surface area contributed by atoms with E-state index in [1.807, 2.05) is 0 Å². The van der Waals surface area contributed by atoms with Crippen molar-refractivity contribution in [2.45, 2.75) is 45.1 Å². The molecule has 0 saturated heterocycles. The summed E-state index contributed by atoms with van der Waals surface area (Å²) in [6, 6.07) is 2.23. The van der Waals surface area contributed by atoms with Gasteiger partial charge in [0.15, 0.2) is 0 Å². The lowest BCUT2D eigenvalue weighted by atomic mass is 9.84. The summed E-state index contributed by atoms with van der Waals surface area (Å²) in [6.07, 6.45) is 6.28. The lowest BCUT2D eigenvalue weighted by Crippen LogP contribution is -2.26. The van der Waals surface area contributed by atoms with E-state index in [4.69, 9.17) is 11.5 Å². The molecule has 17 heavy (non-hydrogen) atoms. The van der Waals surface area contributed by atoms with Gasteiger partial charge in [-0.2, -0.15) is 9.97 Å². The summed E-state index contributed by atoms with van der Waals surface area (Å²) in [6.45, 7) is 2.27. The Hall–Kier alpha value is -1.52. The van der Waals surface area contributed by atoms with Gasteiger partial charge in [0.25, 0.3) is 0 Å². The number of rotatable bonds is 3. The highest BCUT2D eigenvalue weighted by molar-refractivity contribution is 5.48. The van der Waals surface area contributed by atoms with Crippen LogP contribution in [0.25, 0.3) is 0 Å². The highest BCUT2D eigenvalue weighted by Gasteiger charge is 2.20. The smallest absolute Gasteiger partial charge is 0.223 e. The van der Waals surface area contributed by atoms with Crippen LogP contribution in [0, 0.1) is 5.92 Å². The van der Waals surface area contributed by atoms with Crippen LogP contribution in [-0.4, -0.2) is 16.0 Å². The molecule has 94 valence electrons. The molecular weight excluding hydrogens is 214 g/mol. The third-order valence-corrected chi connectivity index (χ3v) is 3.54. The molecule has 5 heteroatoms. The van der Waals surface area contributed by atoms with Crippen LogP contribution in [0.4, 0.5) is 17.6 Å². The van der Waals surface area contributed by atoms with E-state index in [1.54, 1.807) is 6.07 Å². The molecule has 1 heterocycles. The Morgan fingerprint density at radius 1 is 1.24 bits per heavy atom. The van der Waals surface area contributed by atoms with Gasteiger partial charge in [0, 0.05) is 12.1 Å². The number of nitrogens with two attached hydrogens (primary N) is 2. The maximum absolute atomic E-state index is 5.64. The number of nitrogens with zero attached hydrogens (tertiary/aromatic N) is 2. The molecule has 1 aliphatic rings. The van der Waals surface area contributed by atoms with E-state index in [2.05, 4.69) is 22.2 Å². The molecule has 1 aromatic rings. The number of aromatic nitrogens is 2. The van der Waals surface area contributed by atoms with Crippen molar-refractivity contribution in [2.24, 2.45) is 5.92 Å². The zero-order chi connectivity index (χ0) is 12.3. The fraction of sp³-hybridized carbons (Fsp3) is 0.667. The van der Waals surface area contributed by atoms with Gasteiger partial charge >= 0.3 is 0 Å². The molecule has 0 atom stereocenters. The van der Waals surface area contributed by atoms with Crippen molar-refractivity contribution in [1.29, 1.82) is 0 Å². The normalized spacial score (nSPS) is 24.5. The molecule has 0 aromatic carbocycles. The van der Waals surface area contributed by atoms with Crippen LogP contribution in [0.15, 0.2) is 6.07 Å². The highest BCUT2D eigenvalue weighted by atomic mass is 15.1. The molecule has 0 bridgehead atoms. The first-order chi connectivity index (χ1) is 8.17. The van der Waals surface area contributed by atoms with E-state index in [9.17, 15) is 0 Å². The van der Waals surface area contributed by atoms with Gasteiger partial charge in [0.05, 0.1) is 0 Å². The summed E-state index contributed by atoms with van der Waals surface area (Å²) in [7, 11) is 0. The summed E-state index contributed by atoms with van der Waals surface area (Å²) < 4.78 is 0. The molecule has 0 amide bonds. The minimum Gasteiger partial charge on any atom is -0.383 e. The van der Waals surface area contributed by atoms with Crippen LogP contribution in [0.5, 0.6) is 0 Å². The molecular formula is C12H21N5. The molecule has 1 fully saturated rings. The van der Waals surface area contributed by atoms with E-state index < -0.39 is 0 Å². The van der Waals surface area contributed by atoms with Crippen LogP contribution in [0.1, 0.15) is 39.0 Å². The number of hydrogen-bond acceptors (Lipinski definition) is 5. The van der Waals surface area contributed by atoms with E-state index in [0.29, 0.717) is 11.9 Å². The van der Waals surface area contributed by atoms with Gasteiger partial charge in [0.2, 0.25) is 5.95 Å². The molecule has 2 rings (SSSR count). The largest absolute Gasteiger partial charge is 0.383 e. The minimum absolute atomic E-state index is 0.231. The summed E-state index contributed by atoms with van der Waals surface area (Å²) in [5, 5.41) is 3.40. The third kappa shape index (κ3) is 3.22. The van der Waals surface area contributed by atoms with Crippen LogP contribution in [0.2, 0.25) is 0 Å². The van der Waals surface area contributed by atoms with E-state index in [-0.39, 0.29) is 5.95 Å². The van der Waals surface area contributed by atoms with Gasteiger partial charge in [-0.25, -0.2) is 0 Å². The standard InChI is InChI=1S/C12H21N5/c1-2-8-3-5-9(6-4-8)15-11-7-10(13)16-12(14)17-11/h7-9H,2-6H2,1H3,(H5,13,14,15,16,17). The Morgan fingerprint density at radius 2 is 1.94 bits per heavy atom. The maximum Gasteiger partial charge on any atom is 0.223 e. The van der Waals surface area contributed by atoms with Crippen LogP contribution in [-0.2, 0) is 0 Å². The lowest BCUT2D eigenvalue weighted by molar-refractivity contribution is 0.330. The molecule has 1 aromatic heterocycles. The second kappa shape index (κ2) is 5.21. The van der Waals surface area contributed by atoms with Crippen LogP contribution >= 0.6 is 0 Å². The van der Waals surface area contributed by atoms with E-state index in [1.165, 1.54) is 32.1 Å². The van der Waals surface area contributed by atoms with Gasteiger partial charge in [-0.05, 0) is 31.6 Å². The third-order valence-electron chi connectivity index (χ3n) is 3.54. The first-order valence-corrected chi connectivity index (χ1v) is 6.34. The fourth-order valence-electron chi connectivity index (χ4n) is 2.48. The maximum atomic E-state index is 5.64. The Bertz CT molecular complexity index is 351. The number of nitrogens with one attached hydrogen (secondary N) is 1. The number of anilines is 3. The van der Waals surface area contributed by atoms with Gasteiger partial charge < -0.3 is 16.8 Å². The van der Waals surface area contributed by atoms with E-state index >= 15 is 0 Å². The zero-order valence-corrected chi connectivity index (χ0v) is 10.3. The molecule has 0 radical (unpaired) electrons. The lowest BCUT2D eigenvalue weighted by Gasteiger charge is -2.28. The van der Waals surface area contributed by atoms with Crippen LogP contribution < -0.4 is 16.8 Å². The first kappa shape index (κ1) is 12.0. The zero-order valence-electron chi connectivity index (χ0n) is 10.3. The molecule has 5 N–H and O–H groups in total. The second-order valence-corrected chi connectivity index (χ2v) is 4.81. The predicted octanol–water partition coefficient (Wildman–Crippen LogP) is 2.02. The quantitative estimate of drug-likeness (QED) is 0.745. The summed E-state index contributed by atoms with van der Waals surface area (Å²) >= 11 is 0. The average molecular weight is 235 g/mol. The Morgan fingerprint density at radius 3 is 2.53 bits per heavy atom. The van der Waals surface area contributed by atoms with Crippen molar-refractivity contribution in [3.63, 3.8) is 0 Å². The SMILES string of the molecule is CCC1CCC(Nc2cc(N)nc(N)n2)CC1. The summed E-state index contributed by atoms with van der Waals surface area (Å²) in [5.41, 5.74) is 11.2. The molecule has 0 unspecified atom stereocenters. The fourth-order valence-corrected chi connectivity index (χ4v) is 2.48. The molecule has 5 nitrogen and oxygen atoms in total. The monoisotopic (exact) mass is 235 g/mol. The molecule has 0 spiro atoms. The Balaban J connectivity index is 1.93. The van der Waals surface area contributed by atoms with Crippen molar-refractivity contribution in [1.82, 2.24) is 9.97 Å². The highest BCUT2D eigenvalue weighted by Crippen LogP contribution is 2.28. The van der Waals surface area contributed by atoms with Crippen molar-refractivity contribution in [2.75, 3.05) is 16.8 Å². The summed E-state index contributed by atoms with van der Waals surface area (Å²) in [4.78, 5) is 8.00. The van der Waals surface area contributed by atoms with Crippen molar-refractivity contribution in [3.05, 3.63) is 6.07 Å². The number of nitrogen functional groups attached to an aromatic ring is 2. The van der Waals surface area contributed by atoms with Crippen molar-refractivity contribution < 1.29 is 0 Å². The predicted molar refractivity (Wildman–Crippen MR) is 70.5 cm³/mol. The molecule has 1 aliphatic carbocycles. The Labute approximate surface area is 102 Å². The number of hydrogen-bond donors (Lipinski definition) is 3. The molecule has 0 aliphatic heterocycles.